The molecule has 1 fully saturated rings. The van der Waals surface area contributed by atoms with Crippen molar-refractivity contribution in [1.82, 2.24) is 5.32 Å². The zero-order valence-electron chi connectivity index (χ0n) is 11.9. The smallest absolute Gasteiger partial charge is 0.311 e. The lowest BCUT2D eigenvalue weighted by atomic mass is 10.1. The van der Waals surface area contributed by atoms with Gasteiger partial charge in [0.05, 0.1) is 11.0 Å². The number of hydrogen-bond donors (Lipinski definition) is 2. The van der Waals surface area contributed by atoms with Crippen LogP contribution in [-0.2, 0) is 0 Å². The summed E-state index contributed by atoms with van der Waals surface area (Å²) >= 11 is 0. The van der Waals surface area contributed by atoms with Crippen molar-refractivity contribution in [3.63, 3.8) is 0 Å². The second kappa shape index (κ2) is 6.56. The zero-order valence-corrected chi connectivity index (χ0v) is 11.9. The van der Waals surface area contributed by atoms with Crippen molar-refractivity contribution in [1.29, 1.82) is 0 Å². The van der Waals surface area contributed by atoms with Crippen LogP contribution < -0.4 is 15.4 Å². The lowest BCUT2D eigenvalue weighted by Gasteiger charge is -2.14. The molecule has 0 aromatic heterocycles. The number of ether oxygens (including phenoxy) is 1. The van der Waals surface area contributed by atoms with Gasteiger partial charge in [-0.3, -0.25) is 10.1 Å². The van der Waals surface area contributed by atoms with Crippen molar-refractivity contribution in [2.45, 2.75) is 26.4 Å². The fourth-order valence-corrected chi connectivity index (χ4v) is 2.27. The predicted octanol–water partition coefficient (Wildman–Crippen LogP) is 2.40. The topological polar surface area (TPSA) is 76.4 Å². The first-order valence-electron chi connectivity index (χ1n) is 6.96. The number of rotatable bonds is 6. The van der Waals surface area contributed by atoms with Crippen LogP contribution in [0.15, 0.2) is 18.2 Å². The van der Waals surface area contributed by atoms with Crippen molar-refractivity contribution in [2.24, 2.45) is 5.92 Å². The number of nitro benzene ring substituents is 1. The molecule has 20 heavy (non-hydrogen) atoms. The molecule has 1 atom stereocenters. The molecule has 110 valence electrons. The van der Waals surface area contributed by atoms with E-state index in [0.29, 0.717) is 11.7 Å². The Morgan fingerprint density at radius 3 is 2.95 bits per heavy atom. The molecule has 2 N–H and O–H groups in total. The maximum absolute atomic E-state index is 11.0. The van der Waals surface area contributed by atoms with Crippen molar-refractivity contribution < 1.29 is 9.66 Å². The number of nitrogens with zero attached hydrogens (tertiary/aromatic N) is 1. The van der Waals surface area contributed by atoms with Gasteiger partial charge < -0.3 is 15.4 Å². The van der Waals surface area contributed by atoms with Crippen LogP contribution in [0.2, 0.25) is 0 Å². The first-order chi connectivity index (χ1) is 9.56. The number of benzene rings is 1. The molecule has 6 heteroatoms. The van der Waals surface area contributed by atoms with Gasteiger partial charge in [0.2, 0.25) is 0 Å². The molecule has 0 aliphatic carbocycles. The molecule has 1 aromatic rings. The van der Waals surface area contributed by atoms with Gasteiger partial charge in [0.15, 0.2) is 5.75 Å². The van der Waals surface area contributed by atoms with Crippen LogP contribution in [0, 0.1) is 16.0 Å². The molecule has 1 unspecified atom stereocenters. The van der Waals surface area contributed by atoms with Gasteiger partial charge in [-0.2, -0.15) is 0 Å². The van der Waals surface area contributed by atoms with Gasteiger partial charge in [-0.25, -0.2) is 0 Å². The lowest BCUT2D eigenvalue weighted by molar-refractivity contribution is -0.386. The van der Waals surface area contributed by atoms with Crippen molar-refractivity contribution in [3.05, 3.63) is 28.3 Å². The molecule has 1 aromatic carbocycles. The molecule has 0 amide bonds. The SMILES string of the molecule is CC(C)Oc1cc(NCC2CCNC2)ccc1[N+](=O)[O-]. The quantitative estimate of drug-likeness (QED) is 0.617. The van der Waals surface area contributed by atoms with E-state index < -0.39 is 4.92 Å². The van der Waals surface area contributed by atoms with E-state index in [1.807, 2.05) is 13.8 Å². The highest BCUT2D eigenvalue weighted by atomic mass is 16.6. The minimum absolute atomic E-state index is 0.00628. The van der Waals surface area contributed by atoms with Crippen LogP contribution in [0.5, 0.6) is 5.75 Å². The van der Waals surface area contributed by atoms with E-state index in [0.717, 1.165) is 31.7 Å². The molecule has 1 aliphatic rings. The molecule has 6 nitrogen and oxygen atoms in total. The zero-order chi connectivity index (χ0) is 14.5. The van der Waals surface area contributed by atoms with Gasteiger partial charge in [-0.15, -0.1) is 0 Å². The molecule has 1 heterocycles. The number of nitrogens with one attached hydrogen (secondary N) is 2. The van der Waals surface area contributed by atoms with Crippen LogP contribution in [0.25, 0.3) is 0 Å². The monoisotopic (exact) mass is 279 g/mol. The molecule has 0 saturated carbocycles. The molecule has 0 spiro atoms. The molecule has 0 radical (unpaired) electrons. The van der Waals surface area contributed by atoms with E-state index in [4.69, 9.17) is 4.74 Å². The maximum Gasteiger partial charge on any atom is 0.311 e. The van der Waals surface area contributed by atoms with Crippen LogP contribution >= 0.6 is 0 Å². The normalized spacial score (nSPS) is 18.2. The van der Waals surface area contributed by atoms with Crippen molar-refractivity contribution in [3.8, 4) is 5.75 Å². The Labute approximate surface area is 118 Å². The molecule has 0 bridgehead atoms. The molecule has 1 aliphatic heterocycles. The van der Waals surface area contributed by atoms with Gasteiger partial charge in [-0.1, -0.05) is 0 Å². The van der Waals surface area contributed by atoms with Crippen molar-refractivity contribution >= 4 is 11.4 Å². The van der Waals surface area contributed by atoms with Crippen LogP contribution in [0.4, 0.5) is 11.4 Å². The molecular weight excluding hydrogens is 258 g/mol. The average molecular weight is 279 g/mol. The second-order valence-corrected chi connectivity index (χ2v) is 5.35. The van der Waals surface area contributed by atoms with Gasteiger partial charge in [0.25, 0.3) is 0 Å². The van der Waals surface area contributed by atoms with Crippen molar-refractivity contribution in [2.75, 3.05) is 25.0 Å². The van der Waals surface area contributed by atoms with Crippen LogP contribution in [0.1, 0.15) is 20.3 Å². The van der Waals surface area contributed by atoms with E-state index >= 15 is 0 Å². The minimum Gasteiger partial charge on any atom is -0.484 e. The highest BCUT2D eigenvalue weighted by molar-refractivity contribution is 5.58. The summed E-state index contributed by atoms with van der Waals surface area (Å²) in [7, 11) is 0. The van der Waals surface area contributed by atoms with Gasteiger partial charge in [0.1, 0.15) is 0 Å². The average Bonchev–Trinajstić information content (AvgIpc) is 2.88. The number of anilines is 1. The third kappa shape index (κ3) is 3.84. The Hall–Kier alpha value is -1.82. The second-order valence-electron chi connectivity index (χ2n) is 5.35. The third-order valence-corrected chi connectivity index (χ3v) is 3.28. The largest absolute Gasteiger partial charge is 0.484 e. The first kappa shape index (κ1) is 14.6. The van der Waals surface area contributed by atoms with E-state index in [9.17, 15) is 10.1 Å². The number of nitro groups is 1. The summed E-state index contributed by atoms with van der Waals surface area (Å²) < 4.78 is 5.53. The molecular formula is C14H21N3O3. The van der Waals surface area contributed by atoms with E-state index in [1.54, 1.807) is 12.1 Å². The molecule has 1 saturated heterocycles. The summed E-state index contributed by atoms with van der Waals surface area (Å²) in [6.07, 6.45) is 1.07. The summed E-state index contributed by atoms with van der Waals surface area (Å²) in [5.74, 6) is 0.930. The standard InChI is InChI=1S/C14H21N3O3/c1-10(2)20-14-7-12(3-4-13(14)17(18)19)16-9-11-5-6-15-8-11/h3-4,7,10-11,15-16H,5-6,8-9H2,1-2H3. The first-order valence-corrected chi connectivity index (χ1v) is 6.96. The summed E-state index contributed by atoms with van der Waals surface area (Å²) in [5, 5.41) is 17.6. The van der Waals surface area contributed by atoms with Crippen LogP contribution in [-0.4, -0.2) is 30.7 Å². The van der Waals surface area contributed by atoms with E-state index in [1.165, 1.54) is 6.07 Å². The van der Waals surface area contributed by atoms with Crippen LogP contribution in [0.3, 0.4) is 0 Å². The Kier molecular flexibility index (Phi) is 4.79. The van der Waals surface area contributed by atoms with Gasteiger partial charge >= 0.3 is 5.69 Å². The fourth-order valence-electron chi connectivity index (χ4n) is 2.27. The Balaban J connectivity index is 2.07. The third-order valence-electron chi connectivity index (χ3n) is 3.28. The summed E-state index contributed by atoms with van der Waals surface area (Å²) in [6.45, 7) is 6.66. The Morgan fingerprint density at radius 1 is 1.55 bits per heavy atom. The highest BCUT2D eigenvalue weighted by Gasteiger charge is 2.18. The predicted molar refractivity (Wildman–Crippen MR) is 78.3 cm³/mol. The summed E-state index contributed by atoms with van der Waals surface area (Å²) in [6, 6.07) is 4.93. The summed E-state index contributed by atoms with van der Waals surface area (Å²) in [4.78, 5) is 10.6. The van der Waals surface area contributed by atoms with Gasteiger partial charge in [-0.05, 0) is 45.3 Å². The van der Waals surface area contributed by atoms with Gasteiger partial charge in [0, 0.05) is 24.4 Å². The molecule has 2 rings (SSSR count). The maximum atomic E-state index is 11.0. The number of hydrogen-bond acceptors (Lipinski definition) is 5. The lowest BCUT2D eigenvalue weighted by Crippen LogP contribution is -2.17. The van der Waals surface area contributed by atoms with E-state index in [2.05, 4.69) is 10.6 Å². The highest BCUT2D eigenvalue weighted by Crippen LogP contribution is 2.31. The minimum atomic E-state index is -0.414. The summed E-state index contributed by atoms with van der Waals surface area (Å²) in [5.41, 5.74) is 0.866. The van der Waals surface area contributed by atoms with E-state index in [-0.39, 0.29) is 11.8 Å². The fraction of sp³-hybridized carbons (Fsp3) is 0.571. The Bertz CT molecular complexity index is 471. The Morgan fingerprint density at radius 2 is 2.35 bits per heavy atom.